The number of carbonyl (C=O) groups is 1. The van der Waals surface area contributed by atoms with Crippen molar-refractivity contribution in [3.05, 3.63) is 63.8 Å². The summed E-state index contributed by atoms with van der Waals surface area (Å²) in [6, 6.07) is 11.6. The van der Waals surface area contributed by atoms with Crippen LogP contribution in [0.5, 0.6) is 0 Å². The van der Waals surface area contributed by atoms with E-state index < -0.39 is 22.0 Å². The van der Waals surface area contributed by atoms with Crippen molar-refractivity contribution in [2.75, 3.05) is 33.4 Å². The first-order chi connectivity index (χ1) is 15.2. The fraction of sp³-hybridized carbons (Fsp3) is 0.318. The summed E-state index contributed by atoms with van der Waals surface area (Å²) in [7, 11) is -2.30. The molecule has 2 aromatic carbocycles. The molecule has 3 aromatic rings. The SMILES string of the molecule is CC(c1cc2ccccc2o1)N(C)C(=O)c1cc(S(=O)(=O)N2CCOCC2)c(Cl)cc1Cl. The van der Waals surface area contributed by atoms with E-state index in [1.807, 2.05) is 37.3 Å². The standard InChI is InChI=1S/C22H22Cl2N2O5S/c1-14(20-11-15-5-3-4-6-19(15)31-20)25(2)22(27)16-12-21(18(24)13-17(16)23)32(28,29)26-7-9-30-10-8-26/h3-6,11-14H,7-10H2,1-2H3. The van der Waals surface area contributed by atoms with E-state index in [4.69, 9.17) is 32.4 Å². The Bertz CT molecular complexity index is 1240. The lowest BCUT2D eigenvalue weighted by molar-refractivity contribution is 0.0724. The molecule has 1 aliphatic heterocycles. The molecule has 0 bridgehead atoms. The van der Waals surface area contributed by atoms with Crippen molar-refractivity contribution in [1.29, 1.82) is 0 Å². The van der Waals surface area contributed by atoms with E-state index in [1.165, 1.54) is 21.3 Å². The van der Waals surface area contributed by atoms with Crippen LogP contribution in [0.4, 0.5) is 0 Å². The van der Waals surface area contributed by atoms with Crippen LogP contribution in [0.3, 0.4) is 0 Å². The second kappa shape index (κ2) is 9.03. The number of sulfonamides is 1. The average Bonchev–Trinajstić information content (AvgIpc) is 3.22. The molecule has 1 aliphatic rings. The van der Waals surface area contributed by atoms with Crippen LogP contribution in [0.15, 0.2) is 51.8 Å². The summed E-state index contributed by atoms with van der Waals surface area (Å²) in [4.78, 5) is 14.6. The van der Waals surface area contributed by atoms with Gasteiger partial charge in [-0.2, -0.15) is 4.31 Å². The molecule has 10 heteroatoms. The quantitative estimate of drug-likeness (QED) is 0.515. The van der Waals surface area contributed by atoms with Crippen molar-refractivity contribution in [2.24, 2.45) is 0 Å². The molecule has 1 saturated heterocycles. The second-order valence-electron chi connectivity index (χ2n) is 7.56. The molecule has 0 radical (unpaired) electrons. The molecule has 0 saturated carbocycles. The van der Waals surface area contributed by atoms with Crippen LogP contribution in [0.25, 0.3) is 11.0 Å². The third-order valence-electron chi connectivity index (χ3n) is 5.60. The minimum atomic E-state index is -3.91. The molecule has 1 aromatic heterocycles. The maximum absolute atomic E-state index is 13.3. The summed E-state index contributed by atoms with van der Waals surface area (Å²) in [5.41, 5.74) is 0.770. The number of halogens is 2. The van der Waals surface area contributed by atoms with Gasteiger partial charge in [-0.1, -0.05) is 41.4 Å². The van der Waals surface area contributed by atoms with Gasteiger partial charge in [-0.15, -0.1) is 0 Å². The molecular weight excluding hydrogens is 475 g/mol. The lowest BCUT2D eigenvalue weighted by Gasteiger charge is -2.27. The van der Waals surface area contributed by atoms with Gasteiger partial charge < -0.3 is 14.1 Å². The Balaban J connectivity index is 1.66. The first-order valence-corrected chi connectivity index (χ1v) is 12.2. The lowest BCUT2D eigenvalue weighted by atomic mass is 10.1. The molecule has 2 heterocycles. The van der Waals surface area contributed by atoms with Gasteiger partial charge in [0, 0.05) is 25.5 Å². The van der Waals surface area contributed by atoms with E-state index in [0.29, 0.717) is 19.0 Å². The summed E-state index contributed by atoms with van der Waals surface area (Å²) in [5.74, 6) is 0.159. The average molecular weight is 497 g/mol. The van der Waals surface area contributed by atoms with Crippen molar-refractivity contribution >= 4 is 50.1 Å². The number of para-hydroxylation sites is 1. The molecular formula is C22H22Cl2N2O5S. The Hall–Kier alpha value is -2.10. The van der Waals surface area contributed by atoms with Crippen LogP contribution in [0.1, 0.15) is 29.1 Å². The molecule has 1 fully saturated rings. The minimum absolute atomic E-state index is 0.0361. The fourth-order valence-electron chi connectivity index (χ4n) is 3.58. The molecule has 1 unspecified atom stereocenters. The number of nitrogens with zero attached hydrogens (tertiary/aromatic N) is 2. The summed E-state index contributed by atoms with van der Waals surface area (Å²) >= 11 is 12.5. The summed E-state index contributed by atoms with van der Waals surface area (Å²) < 4.78 is 38.7. The molecule has 0 aliphatic carbocycles. The van der Waals surface area contributed by atoms with Crippen molar-refractivity contribution in [3.8, 4) is 0 Å². The van der Waals surface area contributed by atoms with E-state index in [-0.39, 0.29) is 33.6 Å². The largest absolute Gasteiger partial charge is 0.459 e. The minimum Gasteiger partial charge on any atom is -0.459 e. The van der Waals surface area contributed by atoms with Gasteiger partial charge in [0.1, 0.15) is 16.2 Å². The van der Waals surface area contributed by atoms with Crippen LogP contribution in [0.2, 0.25) is 10.0 Å². The predicted octanol–water partition coefficient (Wildman–Crippen LogP) is 4.59. The topological polar surface area (TPSA) is 80.1 Å². The highest BCUT2D eigenvalue weighted by atomic mass is 35.5. The third kappa shape index (κ3) is 4.25. The zero-order chi connectivity index (χ0) is 23.0. The number of fused-ring (bicyclic) bond motifs is 1. The number of amides is 1. The Labute approximate surface area is 196 Å². The highest BCUT2D eigenvalue weighted by Crippen LogP contribution is 2.33. The van der Waals surface area contributed by atoms with Gasteiger partial charge in [0.25, 0.3) is 5.91 Å². The van der Waals surface area contributed by atoms with Crippen molar-refractivity contribution in [2.45, 2.75) is 17.9 Å². The van der Waals surface area contributed by atoms with Gasteiger partial charge in [-0.25, -0.2) is 8.42 Å². The molecule has 1 amide bonds. The van der Waals surface area contributed by atoms with Gasteiger partial charge in [0.2, 0.25) is 10.0 Å². The zero-order valence-corrected chi connectivity index (χ0v) is 19.9. The Morgan fingerprint density at radius 1 is 1.09 bits per heavy atom. The van der Waals surface area contributed by atoms with Crippen LogP contribution in [-0.2, 0) is 14.8 Å². The smallest absolute Gasteiger partial charge is 0.255 e. The number of furan rings is 1. The van der Waals surface area contributed by atoms with E-state index >= 15 is 0 Å². The lowest BCUT2D eigenvalue weighted by Crippen LogP contribution is -2.40. The number of rotatable bonds is 5. The van der Waals surface area contributed by atoms with E-state index in [0.717, 1.165) is 11.0 Å². The monoisotopic (exact) mass is 496 g/mol. The van der Waals surface area contributed by atoms with Gasteiger partial charge in [0.05, 0.1) is 34.9 Å². The van der Waals surface area contributed by atoms with Gasteiger partial charge in [0.15, 0.2) is 0 Å². The van der Waals surface area contributed by atoms with Crippen LogP contribution < -0.4 is 0 Å². The maximum atomic E-state index is 13.3. The zero-order valence-electron chi connectivity index (χ0n) is 17.5. The summed E-state index contributed by atoms with van der Waals surface area (Å²) in [6.45, 7) is 2.86. The van der Waals surface area contributed by atoms with Crippen LogP contribution >= 0.6 is 23.2 Å². The normalized spacial score (nSPS) is 16.2. The molecule has 4 rings (SSSR count). The Kier molecular flexibility index (Phi) is 6.51. The predicted molar refractivity (Wildman–Crippen MR) is 123 cm³/mol. The van der Waals surface area contributed by atoms with Gasteiger partial charge >= 0.3 is 0 Å². The van der Waals surface area contributed by atoms with E-state index in [1.54, 1.807) is 7.05 Å². The number of morpholine rings is 1. The van der Waals surface area contributed by atoms with Crippen molar-refractivity contribution < 1.29 is 22.4 Å². The number of hydrogen-bond acceptors (Lipinski definition) is 5. The number of hydrogen-bond donors (Lipinski definition) is 0. The fourth-order valence-corrected chi connectivity index (χ4v) is 5.82. The first-order valence-electron chi connectivity index (χ1n) is 10.0. The number of carbonyl (C=O) groups excluding carboxylic acids is 1. The first kappa shape index (κ1) is 23.1. The van der Waals surface area contributed by atoms with Gasteiger partial charge in [-0.05, 0) is 31.2 Å². The van der Waals surface area contributed by atoms with E-state index in [2.05, 4.69) is 0 Å². The Morgan fingerprint density at radius 2 is 1.78 bits per heavy atom. The maximum Gasteiger partial charge on any atom is 0.255 e. The molecule has 0 N–H and O–H groups in total. The third-order valence-corrected chi connectivity index (χ3v) is 8.27. The highest BCUT2D eigenvalue weighted by Gasteiger charge is 2.31. The molecule has 1 atom stereocenters. The number of benzene rings is 2. The summed E-state index contributed by atoms with van der Waals surface area (Å²) in [6.07, 6.45) is 0. The van der Waals surface area contributed by atoms with Crippen molar-refractivity contribution in [1.82, 2.24) is 9.21 Å². The van der Waals surface area contributed by atoms with E-state index in [9.17, 15) is 13.2 Å². The summed E-state index contributed by atoms with van der Waals surface area (Å²) in [5, 5.41) is 0.967. The number of ether oxygens (including phenoxy) is 1. The van der Waals surface area contributed by atoms with Crippen LogP contribution in [-0.4, -0.2) is 56.9 Å². The van der Waals surface area contributed by atoms with Gasteiger partial charge in [-0.3, -0.25) is 4.79 Å². The van der Waals surface area contributed by atoms with Crippen molar-refractivity contribution in [3.63, 3.8) is 0 Å². The molecule has 170 valence electrons. The second-order valence-corrected chi connectivity index (χ2v) is 10.3. The Morgan fingerprint density at radius 3 is 2.47 bits per heavy atom. The van der Waals surface area contributed by atoms with Crippen LogP contribution in [0, 0.1) is 0 Å². The molecule has 0 spiro atoms. The molecule has 7 nitrogen and oxygen atoms in total. The molecule has 32 heavy (non-hydrogen) atoms. The highest BCUT2D eigenvalue weighted by molar-refractivity contribution is 7.89.